The normalized spacial score (nSPS) is 13.1. The molecule has 5 nitrogen and oxygen atoms in total. The average molecular weight is 256 g/mol. The molecule has 1 N–H and O–H groups in total. The van der Waals surface area contributed by atoms with Crippen LogP contribution in [0.4, 0.5) is 13.2 Å². The summed E-state index contributed by atoms with van der Waals surface area (Å²) in [5.41, 5.74) is 0. The molecule has 0 aliphatic carbocycles. The summed E-state index contributed by atoms with van der Waals surface area (Å²) >= 11 is 0. The minimum atomic E-state index is -4.46. The highest BCUT2D eigenvalue weighted by molar-refractivity contribution is 5.86. The smallest absolute Gasteiger partial charge is 0.372 e. The van der Waals surface area contributed by atoms with Crippen molar-refractivity contribution in [3.05, 3.63) is 0 Å². The minimum Gasteiger partial charge on any atom is -0.372 e. The molecule has 0 radical (unpaired) electrons. The Morgan fingerprint density at radius 1 is 1.41 bits per heavy atom. The molecule has 0 aromatic rings. The number of carbonyl (C=O) groups is 2. The van der Waals surface area contributed by atoms with Crippen molar-refractivity contribution in [1.29, 1.82) is 0 Å². The first kappa shape index (κ1) is 15.7. The molecule has 0 aromatic heterocycles. The fourth-order valence-electron chi connectivity index (χ4n) is 0.959. The van der Waals surface area contributed by atoms with Gasteiger partial charge in [-0.1, -0.05) is 0 Å². The highest BCUT2D eigenvalue weighted by Gasteiger charge is 2.28. The van der Waals surface area contributed by atoms with Crippen LogP contribution >= 0.6 is 0 Å². The van der Waals surface area contributed by atoms with Crippen molar-refractivity contribution in [2.45, 2.75) is 19.2 Å². The summed E-state index contributed by atoms with van der Waals surface area (Å²) in [5.74, 6) is -1.35. The van der Waals surface area contributed by atoms with Gasteiger partial charge >= 0.3 is 6.18 Å². The zero-order chi connectivity index (χ0) is 13.6. The van der Waals surface area contributed by atoms with E-state index in [4.69, 9.17) is 4.74 Å². The summed E-state index contributed by atoms with van der Waals surface area (Å²) < 4.78 is 40.1. The molecule has 1 atom stereocenters. The maximum atomic E-state index is 11.8. The number of amides is 2. The number of methoxy groups -OCH3 is 1. The van der Waals surface area contributed by atoms with E-state index < -0.39 is 37.2 Å². The molecular weight excluding hydrogens is 241 g/mol. The van der Waals surface area contributed by atoms with Crippen LogP contribution in [0.25, 0.3) is 0 Å². The lowest BCUT2D eigenvalue weighted by Gasteiger charge is -2.20. The van der Waals surface area contributed by atoms with Gasteiger partial charge in [0.05, 0.1) is 6.54 Å². The lowest BCUT2D eigenvalue weighted by Crippen LogP contribution is -2.44. The third-order valence-electron chi connectivity index (χ3n) is 1.94. The SMILES string of the molecule is COC(C)C(=O)N(C)CC(=O)NCC(F)(F)F. The Hall–Kier alpha value is -1.31. The van der Waals surface area contributed by atoms with Crippen molar-refractivity contribution < 1.29 is 27.5 Å². The quantitative estimate of drug-likeness (QED) is 0.762. The number of halogens is 3. The van der Waals surface area contributed by atoms with E-state index in [1.54, 1.807) is 5.32 Å². The Labute approximate surface area is 96.9 Å². The van der Waals surface area contributed by atoms with Crippen molar-refractivity contribution in [3.8, 4) is 0 Å². The fourth-order valence-corrected chi connectivity index (χ4v) is 0.959. The van der Waals surface area contributed by atoms with Crippen LogP contribution < -0.4 is 5.32 Å². The van der Waals surface area contributed by atoms with Gasteiger partial charge in [-0.2, -0.15) is 13.2 Å². The summed E-state index contributed by atoms with van der Waals surface area (Å²) in [7, 11) is 2.63. The Kier molecular flexibility index (Phi) is 5.94. The molecule has 8 heteroatoms. The molecule has 0 heterocycles. The van der Waals surface area contributed by atoms with E-state index >= 15 is 0 Å². The molecule has 0 spiro atoms. The van der Waals surface area contributed by atoms with Crippen LogP contribution in [-0.4, -0.2) is 56.2 Å². The Morgan fingerprint density at radius 2 is 1.94 bits per heavy atom. The van der Waals surface area contributed by atoms with Gasteiger partial charge in [-0.3, -0.25) is 9.59 Å². The van der Waals surface area contributed by atoms with Crippen molar-refractivity contribution in [2.75, 3.05) is 27.2 Å². The molecule has 0 saturated carbocycles. The number of carbonyl (C=O) groups excluding carboxylic acids is 2. The van der Waals surface area contributed by atoms with E-state index in [1.165, 1.54) is 21.1 Å². The van der Waals surface area contributed by atoms with Crippen molar-refractivity contribution >= 4 is 11.8 Å². The molecular formula is C9H15F3N2O3. The lowest BCUT2D eigenvalue weighted by molar-refractivity contribution is -0.145. The van der Waals surface area contributed by atoms with Crippen LogP contribution in [0.3, 0.4) is 0 Å². The van der Waals surface area contributed by atoms with Crippen LogP contribution in [0.2, 0.25) is 0 Å². The van der Waals surface area contributed by atoms with Gasteiger partial charge in [-0.15, -0.1) is 0 Å². The van der Waals surface area contributed by atoms with E-state index in [-0.39, 0.29) is 0 Å². The minimum absolute atomic E-state index is 0.442. The van der Waals surface area contributed by atoms with Crippen LogP contribution in [0.5, 0.6) is 0 Å². The number of nitrogens with one attached hydrogen (secondary N) is 1. The number of likely N-dealkylation sites (N-methyl/N-ethyl adjacent to an activating group) is 1. The van der Waals surface area contributed by atoms with Crippen LogP contribution in [-0.2, 0) is 14.3 Å². The summed E-state index contributed by atoms with van der Waals surface area (Å²) in [6, 6.07) is 0. The van der Waals surface area contributed by atoms with Crippen LogP contribution in [0, 0.1) is 0 Å². The maximum absolute atomic E-state index is 11.8. The van der Waals surface area contributed by atoms with E-state index in [0.29, 0.717) is 0 Å². The predicted octanol–water partition coefficient (Wildman–Crippen LogP) is 0.158. The highest BCUT2D eigenvalue weighted by atomic mass is 19.4. The van der Waals surface area contributed by atoms with E-state index in [0.717, 1.165) is 4.90 Å². The zero-order valence-electron chi connectivity index (χ0n) is 9.80. The van der Waals surface area contributed by atoms with Gasteiger partial charge in [0.2, 0.25) is 5.91 Å². The first-order valence-corrected chi connectivity index (χ1v) is 4.78. The van der Waals surface area contributed by atoms with Crippen LogP contribution in [0.15, 0.2) is 0 Å². The monoisotopic (exact) mass is 256 g/mol. The molecule has 1 unspecified atom stereocenters. The lowest BCUT2D eigenvalue weighted by atomic mass is 10.3. The molecule has 0 saturated heterocycles. The zero-order valence-corrected chi connectivity index (χ0v) is 9.80. The molecule has 100 valence electrons. The third-order valence-corrected chi connectivity index (χ3v) is 1.94. The first-order chi connectivity index (χ1) is 7.67. The van der Waals surface area contributed by atoms with Crippen molar-refractivity contribution in [2.24, 2.45) is 0 Å². The third kappa shape index (κ3) is 6.77. The molecule has 0 bridgehead atoms. The van der Waals surface area contributed by atoms with E-state index in [9.17, 15) is 22.8 Å². The molecule has 17 heavy (non-hydrogen) atoms. The average Bonchev–Trinajstić information content (AvgIpc) is 2.23. The number of hydrogen-bond donors (Lipinski definition) is 1. The second-order valence-corrected chi connectivity index (χ2v) is 3.46. The molecule has 0 rings (SSSR count). The van der Waals surface area contributed by atoms with Gasteiger partial charge in [0.1, 0.15) is 12.6 Å². The van der Waals surface area contributed by atoms with Gasteiger partial charge in [-0.25, -0.2) is 0 Å². The van der Waals surface area contributed by atoms with Gasteiger partial charge in [0.25, 0.3) is 5.91 Å². The van der Waals surface area contributed by atoms with E-state index in [2.05, 4.69) is 0 Å². The van der Waals surface area contributed by atoms with Gasteiger partial charge in [-0.05, 0) is 6.92 Å². The molecule has 0 aliphatic heterocycles. The second kappa shape index (κ2) is 6.43. The first-order valence-electron chi connectivity index (χ1n) is 4.78. The molecule has 0 aliphatic rings. The second-order valence-electron chi connectivity index (χ2n) is 3.46. The van der Waals surface area contributed by atoms with Crippen molar-refractivity contribution in [3.63, 3.8) is 0 Å². The summed E-state index contributed by atoms with van der Waals surface area (Å²) in [6.45, 7) is -0.372. The summed E-state index contributed by atoms with van der Waals surface area (Å²) in [5, 5.41) is 1.67. The number of rotatable bonds is 5. The number of ether oxygens (including phenoxy) is 1. The largest absolute Gasteiger partial charge is 0.405 e. The summed E-state index contributed by atoms with van der Waals surface area (Å²) in [6.07, 6.45) is -5.20. The number of nitrogens with zero attached hydrogens (tertiary/aromatic N) is 1. The standard InChI is InChI=1S/C9H15F3N2O3/c1-6(17-3)8(16)14(2)4-7(15)13-5-9(10,11)12/h6H,4-5H2,1-3H3,(H,13,15). The fraction of sp³-hybridized carbons (Fsp3) is 0.778. The van der Waals surface area contributed by atoms with Gasteiger partial charge in [0, 0.05) is 14.2 Å². The van der Waals surface area contributed by atoms with E-state index in [1.807, 2.05) is 0 Å². The Morgan fingerprint density at radius 3 is 2.35 bits per heavy atom. The Bertz CT molecular complexity index is 281. The van der Waals surface area contributed by atoms with Gasteiger partial charge in [0.15, 0.2) is 0 Å². The Balaban J connectivity index is 4.08. The number of hydrogen-bond acceptors (Lipinski definition) is 3. The highest BCUT2D eigenvalue weighted by Crippen LogP contribution is 2.11. The van der Waals surface area contributed by atoms with Gasteiger partial charge < -0.3 is 15.0 Å². The summed E-state index contributed by atoms with van der Waals surface area (Å²) in [4.78, 5) is 23.5. The van der Waals surface area contributed by atoms with Crippen molar-refractivity contribution in [1.82, 2.24) is 10.2 Å². The number of alkyl halides is 3. The maximum Gasteiger partial charge on any atom is 0.405 e. The predicted molar refractivity (Wildman–Crippen MR) is 53.2 cm³/mol. The molecule has 2 amide bonds. The molecule has 0 fully saturated rings. The van der Waals surface area contributed by atoms with Crippen LogP contribution in [0.1, 0.15) is 6.92 Å². The topological polar surface area (TPSA) is 58.6 Å². The molecule has 0 aromatic carbocycles.